The van der Waals surface area contributed by atoms with Crippen LogP contribution in [0.3, 0.4) is 0 Å². The molecule has 1 aromatic carbocycles. The molecule has 3 heterocycles. The number of esters is 1. The Balaban J connectivity index is 1.59. The molecule has 6 nitrogen and oxygen atoms in total. The third-order valence-electron chi connectivity index (χ3n) is 3.85. The van der Waals surface area contributed by atoms with Crippen LogP contribution in [0.15, 0.2) is 51.8 Å². The predicted molar refractivity (Wildman–Crippen MR) is 93.5 cm³/mol. The van der Waals surface area contributed by atoms with Crippen LogP contribution < -0.4 is 0 Å². The van der Waals surface area contributed by atoms with Crippen molar-refractivity contribution >= 4 is 28.2 Å². The predicted octanol–water partition coefficient (Wildman–Crippen LogP) is 4.72. The Bertz CT molecular complexity index is 1140. The second kappa shape index (κ2) is 7.04. The normalized spacial score (nSPS) is 11.7. The van der Waals surface area contributed by atoms with Gasteiger partial charge in [-0.25, -0.2) is 4.79 Å². The van der Waals surface area contributed by atoms with Gasteiger partial charge in [-0.05, 0) is 17.5 Å². The van der Waals surface area contributed by atoms with E-state index in [2.05, 4.69) is 15.1 Å². The highest BCUT2D eigenvalue weighted by Crippen LogP contribution is 2.37. The lowest BCUT2D eigenvalue weighted by molar-refractivity contribution is -0.136. The highest BCUT2D eigenvalue weighted by Gasteiger charge is 2.38. The van der Waals surface area contributed by atoms with Gasteiger partial charge in [-0.2, -0.15) is 29.5 Å². The van der Waals surface area contributed by atoms with Gasteiger partial charge in [0.25, 0.3) is 5.89 Å². The molecule has 0 N–H and O–H groups in total. The van der Waals surface area contributed by atoms with E-state index in [4.69, 9.17) is 9.26 Å². The van der Waals surface area contributed by atoms with E-state index < -0.39 is 29.9 Å². The van der Waals surface area contributed by atoms with E-state index in [0.29, 0.717) is 5.82 Å². The fourth-order valence-electron chi connectivity index (χ4n) is 2.63. The molecule has 4 aromatic rings. The number of nitrogens with zero attached hydrogens (tertiary/aromatic N) is 3. The molecule has 10 heteroatoms. The van der Waals surface area contributed by atoms with E-state index in [1.54, 1.807) is 17.5 Å². The highest BCUT2D eigenvalue weighted by atomic mass is 32.1. The minimum atomic E-state index is -4.76. The van der Waals surface area contributed by atoms with Crippen LogP contribution in [0.4, 0.5) is 13.2 Å². The summed E-state index contributed by atoms with van der Waals surface area (Å²) in [5, 5.41) is 7.20. The molecular weight excluding hydrogens is 395 g/mol. The number of benzene rings is 1. The van der Waals surface area contributed by atoms with Gasteiger partial charge in [0.15, 0.2) is 6.61 Å². The zero-order valence-electron chi connectivity index (χ0n) is 13.9. The van der Waals surface area contributed by atoms with Crippen molar-refractivity contribution in [3.8, 4) is 11.4 Å². The van der Waals surface area contributed by atoms with Crippen molar-refractivity contribution in [2.24, 2.45) is 0 Å². The molecule has 28 heavy (non-hydrogen) atoms. The van der Waals surface area contributed by atoms with Gasteiger partial charge in [0, 0.05) is 22.5 Å². The Hall–Kier alpha value is -3.27. The molecule has 142 valence electrons. The first-order valence-electron chi connectivity index (χ1n) is 7.90. The van der Waals surface area contributed by atoms with Crippen LogP contribution in [0, 0.1) is 0 Å². The molecule has 0 aliphatic rings. The number of alkyl halides is 3. The monoisotopic (exact) mass is 405 g/mol. The van der Waals surface area contributed by atoms with Crippen molar-refractivity contribution in [3.63, 3.8) is 0 Å². The molecule has 0 saturated carbocycles. The summed E-state index contributed by atoms with van der Waals surface area (Å²) in [4.78, 5) is 20.3. The van der Waals surface area contributed by atoms with E-state index in [1.165, 1.54) is 29.5 Å². The first-order chi connectivity index (χ1) is 13.4. The van der Waals surface area contributed by atoms with Gasteiger partial charge in [0.1, 0.15) is 0 Å². The summed E-state index contributed by atoms with van der Waals surface area (Å²) in [6, 6.07) is 7.48. The lowest BCUT2D eigenvalue weighted by atomic mass is 10.0. The van der Waals surface area contributed by atoms with Crippen molar-refractivity contribution in [3.05, 3.63) is 64.3 Å². The summed E-state index contributed by atoms with van der Waals surface area (Å²) in [5.41, 5.74) is -0.913. The summed E-state index contributed by atoms with van der Waals surface area (Å²) in [5.74, 6) is -0.909. The minimum Gasteiger partial charge on any atom is -0.452 e. The number of carbonyl (C=O) groups excluding carboxylic acids is 1. The Kier molecular flexibility index (Phi) is 4.55. The number of hydrogen-bond donors (Lipinski definition) is 0. The Morgan fingerprint density at radius 2 is 2.04 bits per heavy atom. The summed E-state index contributed by atoms with van der Waals surface area (Å²) in [7, 11) is 0. The third kappa shape index (κ3) is 3.46. The number of ether oxygens (including phenoxy) is 1. The van der Waals surface area contributed by atoms with Crippen molar-refractivity contribution < 1.29 is 27.2 Å². The molecule has 0 fully saturated rings. The van der Waals surface area contributed by atoms with Gasteiger partial charge in [0.2, 0.25) is 5.82 Å². The number of fused-ring (bicyclic) bond motifs is 1. The summed E-state index contributed by atoms with van der Waals surface area (Å²) < 4.78 is 50.7. The molecule has 0 unspecified atom stereocenters. The van der Waals surface area contributed by atoms with Crippen LogP contribution in [0.5, 0.6) is 0 Å². The maximum atomic E-state index is 13.6. The van der Waals surface area contributed by atoms with Crippen molar-refractivity contribution in [1.29, 1.82) is 0 Å². The number of pyridine rings is 1. The molecule has 4 rings (SSSR count). The zero-order valence-corrected chi connectivity index (χ0v) is 14.8. The fraction of sp³-hybridized carbons (Fsp3) is 0.111. The largest absolute Gasteiger partial charge is 0.452 e. The number of thiophene rings is 1. The Morgan fingerprint density at radius 3 is 2.79 bits per heavy atom. The van der Waals surface area contributed by atoms with E-state index >= 15 is 0 Å². The Morgan fingerprint density at radius 1 is 1.21 bits per heavy atom. The standard InChI is InChI=1S/C18H10F3N3O3S/c19-18(20,21)15-11-3-1-2-4-13(11)22-7-12(15)17(25)26-8-14-23-16(24-27-14)10-5-6-28-9-10/h1-7,9H,8H2. The number of hydrogen-bond acceptors (Lipinski definition) is 7. The number of halogens is 3. The van der Waals surface area contributed by atoms with Gasteiger partial charge in [-0.1, -0.05) is 23.4 Å². The smallest absolute Gasteiger partial charge is 0.417 e. The van der Waals surface area contributed by atoms with Crippen LogP contribution in [0.1, 0.15) is 21.8 Å². The second-order valence-corrected chi connectivity index (χ2v) is 6.44. The average molecular weight is 405 g/mol. The van der Waals surface area contributed by atoms with Crippen molar-refractivity contribution in [1.82, 2.24) is 15.1 Å². The van der Waals surface area contributed by atoms with E-state index in [0.717, 1.165) is 11.8 Å². The summed E-state index contributed by atoms with van der Waals surface area (Å²) >= 11 is 1.44. The van der Waals surface area contributed by atoms with Gasteiger partial charge >= 0.3 is 12.1 Å². The topological polar surface area (TPSA) is 78.1 Å². The van der Waals surface area contributed by atoms with Crippen LogP contribution >= 0.6 is 11.3 Å². The molecule has 3 aromatic heterocycles. The number of rotatable bonds is 4. The first kappa shape index (κ1) is 18.1. The van der Waals surface area contributed by atoms with Crippen LogP contribution in [0.25, 0.3) is 22.3 Å². The van der Waals surface area contributed by atoms with E-state index in [1.807, 2.05) is 5.38 Å². The van der Waals surface area contributed by atoms with Gasteiger partial charge in [-0.3, -0.25) is 4.98 Å². The Labute approximate surface area is 159 Å². The fourth-order valence-corrected chi connectivity index (χ4v) is 3.26. The number of carbonyl (C=O) groups is 1. The van der Waals surface area contributed by atoms with E-state index in [-0.39, 0.29) is 16.8 Å². The minimum absolute atomic E-state index is 0.0307. The molecule has 0 aliphatic heterocycles. The van der Waals surface area contributed by atoms with Crippen LogP contribution in [0.2, 0.25) is 0 Å². The summed E-state index contributed by atoms with van der Waals surface area (Å²) in [6.07, 6.45) is -3.90. The molecule has 0 atom stereocenters. The van der Waals surface area contributed by atoms with Gasteiger partial charge in [0.05, 0.1) is 16.6 Å². The van der Waals surface area contributed by atoms with Crippen LogP contribution in [-0.4, -0.2) is 21.1 Å². The maximum Gasteiger partial charge on any atom is 0.417 e. The number of aromatic nitrogens is 3. The highest BCUT2D eigenvalue weighted by molar-refractivity contribution is 7.08. The molecule has 0 spiro atoms. The summed E-state index contributed by atoms with van der Waals surface area (Å²) in [6.45, 7) is -0.458. The molecule has 0 saturated heterocycles. The lowest BCUT2D eigenvalue weighted by Crippen LogP contribution is -2.16. The molecule has 0 radical (unpaired) electrons. The van der Waals surface area contributed by atoms with E-state index in [9.17, 15) is 18.0 Å². The SMILES string of the molecule is O=C(OCc1nc(-c2ccsc2)no1)c1cnc2ccccc2c1C(F)(F)F. The first-order valence-corrected chi connectivity index (χ1v) is 8.85. The third-order valence-corrected chi connectivity index (χ3v) is 4.54. The lowest BCUT2D eigenvalue weighted by Gasteiger charge is -2.14. The van der Waals surface area contributed by atoms with Crippen molar-refractivity contribution in [2.45, 2.75) is 12.8 Å². The van der Waals surface area contributed by atoms with Crippen LogP contribution in [-0.2, 0) is 17.5 Å². The van der Waals surface area contributed by atoms with Gasteiger partial charge in [-0.15, -0.1) is 0 Å². The molecule has 0 bridgehead atoms. The number of para-hydroxylation sites is 1. The average Bonchev–Trinajstić information content (AvgIpc) is 3.35. The molecular formula is C18H10F3N3O3S. The molecule has 0 aliphatic carbocycles. The second-order valence-electron chi connectivity index (χ2n) is 5.66. The maximum absolute atomic E-state index is 13.6. The quantitative estimate of drug-likeness (QED) is 0.457. The zero-order chi connectivity index (χ0) is 19.7. The van der Waals surface area contributed by atoms with Gasteiger partial charge < -0.3 is 9.26 Å². The molecule has 0 amide bonds. The van der Waals surface area contributed by atoms with Crippen molar-refractivity contribution in [2.75, 3.05) is 0 Å².